The second-order valence-corrected chi connectivity index (χ2v) is 7.72. The number of rotatable bonds is 9. The lowest BCUT2D eigenvalue weighted by Crippen LogP contribution is -2.13. The van der Waals surface area contributed by atoms with Crippen LogP contribution in [0.5, 0.6) is 0 Å². The topological polar surface area (TPSA) is 95.8 Å². The SMILES string of the molecule is CCn1c(CCC(N)=O)nnc1SCC(=O)c1cc(C)n(-c2ccccc2)c1C. The molecule has 2 N–H and O–H groups in total. The van der Waals surface area contributed by atoms with Gasteiger partial charge in [-0.1, -0.05) is 30.0 Å². The Labute approximate surface area is 174 Å². The molecule has 7 nitrogen and oxygen atoms in total. The van der Waals surface area contributed by atoms with E-state index in [2.05, 4.69) is 14.8 Å². The van der Waals surface area contributed by atoms with Crippen LogP contribution >= 0.6 is 11.8 Å². The van der Waals surface area contributed by atoms with Crippen molar-refractivity contribution in [2.24, 2.45) is 5.73 Å². The highest BCUT2D eigenvalue weighted by Gasteiger charge is 2.19. The summed E-state index contributed by atoms with van der Waals surface area (Å²) >= 11 is 1.36. The van der Waals surface area contributed by atoms with Gasteiger partial charge >= 0.3 is 0 Å². The molecule has 0 saturated heterocycles. The summed E-state index contributed by atoms with van der Waals surface area (Å²) in [4.78, 5) is 23.9. The highest BCUT2D eigenvalue weighted by molar-refractivity contribution is 7.99. The number of carbonyl (C=O) groups excluding carboxylic acids is 2. The van der Waals surface area contributed by atoms with Crippen LogP contribution in [-0.4, -0.2) is 36.8 Å². The number of aryl methyl sites for hydroxylation is 2. The fourth-order valence-corrected chi connectivity index (χ4v) is 4.30. The third kappa shape index (κ3) is 4.59. The Bertz CT molecular complexity index is 1020. The Morgan fingerprint density at radius 1 is 1.14 bits per heavy atom. The minimum atomic E-state index is -0.367. The smallest absolute Gasteiger partial charge is 0.217 e. The summed E-state index contributed by atoms with van der Waals surface area (Å²) in [5.74, 6) is 0.666. The summed E-state index contributed by atoms with van der Waals surface area (Å²) in [6, 6.07) is 11.9. The fourth-order valence-electron chi connectivity index (χ4n) is 3.39. The molecule has 3 aromatic rings. The molecule has 1 amide bonds. The normalized spacial score (nSPS) is 11.0. The number of benzene rings is 1. The molecule has 1 aromatic carbocycles. The first-order chi connectivity index (χ1) is 13.9. The van der Waals surface area contributed by atoms with Crippen molar-refractivity contribution in [3.63, 3.8) is 0 Å². The summed E-state index contributed by atoms with van der Waals surface area (Å²) in [6.45, 7) is 6.62. The lowest BCUT2D eigenvalue weighted by atomic mass is 10.2. The van der Waals surface area contributed by atoms with Crippen molar-refractivity contribution >= 4 is 23.5 Å². The first kappa shape index (κ1) is 20.9. The molecule has 0 saturated carbocycles. The van der Waals surface area contributed by atoms with Crippen molar-refractivity contribution < 1.29 is 9.59 Å². The van der Waals surface area contributed by atoms with Crippen LogP contribution in [-0.2, 0) is 17.8 Å². The predicted octanol–water partition coefficient (Wildman–Crippen LogP) is 3.10. The molecule has 0 fully saturated rings. The summed E-state index contributed by atoms with van der Waals surface area (Å²) in [7, 11) is 0. The third-order valence-electron chi connectivity index (χ3n) is 4.78. The third-order valence-corrected chi connectivity index (χ3v) is 5.75. The van der Waals surface area contributed by atoms with Crippen LogP contribution in [0.15, 0.2) is 41.6 Å². The van der Waals surface area contributed by atoms with Gasteiger partial charge < -0.3 is 14.9 Å². The maximum absolute atomic E-state index is 12.9. The van der Waals surface area contributed by atoms with Crippen molar-refractivity contribution in [2.75, 3.05) is 5.75 Å². The number of ketones is 1. The lowest BCUT2D eigenvalue weighted by molar-refractivity contribution is -0.118. The monoisotopic (exact) mass is 411 g/mol. The van der Waals surface area contributed by atoms with E-state index >= 15 is 0 Å². The molecule has 0 atom stereocenters. The molecule has 8 heteroatoms. The second kappa shape index (κ2) is 9.09. The van der Waals surface area contributed by atoms with Crippen LogP contribution in [0.4, 0.5) is 0 Å². The van der Waals surface area contributed by atoms with Crippen LogP contribution in [0, 0.1) is 13.8 Å². The number of para-hydroxylation sites is 1. The van der Waals surface area contributed by atoms with E-state index in [1.165, 1.54) is 11.8 Å². The largest absolute Gasteiger partial charge is 0.370 e. The van der Waals surface area contributed by atoms with E-state index in [0.717, 1.165) is 22.6 Å². The predicted molar refractivity (Wildman–Crippen MR) is 114 cm³/mol. The van der Waals surface area contributed by atoms with E-state index in [0.29, 0.717) is 23.9 Å². The van der Waals surface area contributed by atoms with Crippen molar-refractivity contribution in [3.05, 3.63) is 59.2 Å². The average molecular weight is 412 g/mol. The number of aromatic nitrogens is 4. The van der Waals surface area contributed by atoms with Gasteiger partial charge in [-0.15, -0.1) is 10.2 Å². The van der Waals surface area contributed by atoms with Crippen molar-refractivity contribution in [1.82, 2.24) is 19.3 Å². The van der Waals surface area contributed by atoms with Gasteiger partial charge in [0, 0.05) is 42.0 Å². The van der Waals surface area contributed by atoms with Crippen LogP contribution < -0.4 is 5.73 Å². The Morgan fingerprint density at radius 2 is 1.86 bits per heavy atom. The van der Waals surface area contributed by atoms with Crippen molar-refractivity contribution in [2.45, 2.75) is 45.3 Å². The number of nitrogens with zero attached hydrogens (tertiary/aromatic N) is 4. The van der Waals surface area contributed by atoms with E-state index in [4.69, 9.17) is 5.73 Å². The Balaban J connectivity index is 1.75. The van der Waals surface area contributed by atoms with Crippen LogP contribution in [0.1, 0.15) is 40.9 Å². The molecule has 0 aliphatic carbocycles. The first-order valence-corrected chi connectivity index (χ1v) is 10.5. The molecule has 2 heterocycles. The molecule has 152 valence electrons. The molecule has 0 radical (unpaired) electrons. The van der Waals surface area contributed by atoms with Gasteiger partial charge in [0.05, 0.1) is 5.75 Å². The standard InChI is InChI=1S/C21H25N5O2S/c1-4-25-20(11-10-19(22)28)23-24-21(25)29-13-18(27)17-12-14(2)26(15(17)3)16-8-6-5-7-9-16/h5-9,12H,4,10-11,13H2,1-3H3,(H2,22,28). The molecule has 0 unspecified atom stereocenters. The number of Topliss-reactive ketones (excluding diaryl/α,β-unsaturated/α-hetero) is 1. The maximum Gasteiger partial charge on any atom is 0.217 e. The summed E-state index contributed by atoms with van der Waals surface area (Å²) in [5, 5.41) is 9.02. The van der Waals surface area contributed by atoms with Gasteiger partial charge in [-0.05, 0) is 39.0 Å². The Hall–Kier alpha value is -2.87. The molecular formula is C21H25N5O2S. The molecular weight excluding hydrogens is 386 g/mol. The van der Waals surface area contributed by atoms with E-state index < -0.39 is 0 Å². The molecule has 0 bridgehead atoms. The highest BCUT2D eigenvalue weighted by atomic mass is 32.2. The quantitative estimate of drug-likeness (QED) is 0.431. The van der Waals surface area contributed by atoms with Gasteiger partial charge in [-0.3, -0.25) is 9.59 Å². The van der Waals surface area contributed by atoms with Crippen LogP contribution in [0.25, 0.3) is 5.69 Å². The number of carbonyl (C=O) groups is 2. The zero-order chi connectivity index (χ0) is 21.0. The van der Waals surface area contributed by atoms with Gasteiger partial charge in [0.2, 0.25) is 5.91 Å². The zero-order valence-electron chi connectivity index (χ0n) is 16.9. The number of primary amides is 1. The van der Waals surface area contributed by atoms with Crippen molar-refractivity contribution in [1.29, 1.82) is 0 Å². The van der Waals surface area contributed by atoms with E-state index in [1.54, 1.807) is 0 Å². The molecule has 0 aliphatic heterocycles. The number of amides is 1. The summed E-state index contributed by atoms with van der Waals surface area (Å²) in [6.07, 6.45) is 0.677. The zero-order valence-corrected chi connectivity index (χ0v) is 17.7. The lowest BCUT2D eigenvalue weighted by Gasteiger charge is -2.09. The Morgan fingerprint density at radius 3 is 2.52 bits per heavy atom. The molecule has 3 rings (SSSR count). The minimum Gasteiger partial charge on any atom is -0.370 e. The highest BCUT2D eigenvalue weighted by Crippen LogP contribution is 2.24. The van der Waals surface area contributed by atoms with E-state index in [1.807, 2.05) is 61.7 Å². The number of nitrogens with two attached hydrogens (primary N) is 1. The number of hydrogen-bond acceptors (Lipinski definition) is 5. The number of thioether (sulfide) groups is 1. The van der Waals surface area contributed by atoms with Crippen molar-refractivity contribution in [3.8, 4) is 5.69 Å². The Kier molecular flexibility index (Phi) is 6.53. The van der Waals surface area contributed by atoms with E-state index in [9.17, 15) is 9.59 Å². The summed E-state index contributed by atoms with van der Waals surface area (Å²) in [5.41, 5.74) is 8.93. The van der Waals surface area contributed by atoms with Crippen LogP contribution in [0.2, 0.25) is 0 Å². The van der Waals surface area contributed by atoms with E-state index in [-0.39, 0.29) is 23.9 Å². The van der Waals surface area contributed by atoms with Gasteiger partial charge in [0.25, 0.3) is 0 Å². The molecule has 29 heavy (non-hydrogen) atoms. The van der Waals surface area contributed by atoms with Gasteiger partial charge in [-0.25, -0.2) is 0 Å². The first-order valence-electron chi connectivity index (χ1n) is 9.53. The minimum absolute atomic E-state index is 0.0506. The van der Waals surface area contributed by atoms with Gasteiger partial charge in [-0.2, -0.15) is 0 Å². The second-order valence-electron chi connectivity index (χ2n) is 6.78. The van der Waals surface area contributed by atoms with Crippen LogP contribution in [0.3, 0.4) is 0 Å². The molecule has 0 aliphatic rings. The maximum atomic E-state index is 12.9. The average Bonchev–Trinajstić information content (AvgIpc) is 3.24. The number of hydrogen-bond donors (Lipinski definition) is 1. The summed E-state index contributed by atoms with van der Waals surface area (Å²) < 4.78 is 4.02. The van der Waals surface area contributed by atoms with Gasteiger partial charge in [0.15, 0.2) is 10.9 Å². The molecule has 2 aromatic heterocycles. The van der Waals surface area contributed by atoms with Gasteiger partial charge in [0.1, 0.15) is 5.82 Å². The fraction of sp³-hybridized carbons (Fsp3) is 0.333. The molecule has 0 spiro atoms.